The average Bonchev–Trinajstić information content (AvgIpc) is 3.52. The van der Waals surface area contributed by atoms with Gasteiger partial charge in [0.15, 0.2) is 5.82 Å². The molecule has 5 rings (SSSR count). The standard InChI is InChI=1S/C25H30N4O3S/c30-33(31,22-11-5-2-6-12-22)28-21-13-17-29(18-14-21)19-23-26-24(27-32-23)25(15-7-8-16-25)20-9-3-1-4-10-20/h1-6,9-12,21,28H,7-8,13-19H2. The van der Waals surface area contributed by atoms with E-state index in [9.17, 15) is 8.42 Å². The molecule has 33 heavy (non-hydrogen) atoms. The number of sulfonamides is 1. The van der Waals surface area contributed by atoms with Crippen LogP contribution in [-0.4, -0.2) is 42.6 Å². The quantitative estimate of drug-likeness (QED) is 0.569. The van der Waals surface area contributed by atoms with Gasteiger partial charge in [0.2, 0.25) is 15.9 Å². The summed E-state index contributed by atoms with van der Waals surface area (Å²) in [5, 5.41) is 4.40. The lowest BCUT2D eigenvalue weighted by Crippen LogP contribution is -2.44. The number of nitrogens with zero attached hydrogens (tertiary/aromatic N) is 3. The zero-order chi connectivity index (χ0) is 22.7. The fourth-order valence-corrected chi connectivity index (χ4v) is 6.50. The molecule has 7 nitrogen and oxygen atoms in total. The molecule has 1 aliphatic heterocycles. The van der Waals surface area contributed by atoms with Crippen LogP contribution in [0.15, 0.2) is 70.1 Å². The lowest BCUT2D eigenvalue weighted by atomic mass is 9.78. The van der Waals surface area contributed by atoms with Gasteiger partial charge in [-0.25, -0.2) is 13.1 Å². The highest BCUT2D eigenvalue weighted by molar-refractivity contribution is 7.89. The van der Waals surface area contributed by atoms with E-state index in [-0.39, 0.29) is 11.5 Å². The number of nitrogens with one attached hydrogen (secondary N) is 1. The number of hydrogen-bond donors (Lipinski definition) is 1. The monoisotopic (exact) mass is 466 g/mol. The van der Waals surface area contributed by atoms with Crippen molar-refractivity contribution in [3.63, 3.8) is 0 Å². The second-order valence-electron chi connectivity index (χ2n) is 9.15. The largest absolute Gasteiger partial charge is 0.338 e. The summed E-state index contributed by atoms with van der Waals surface area (Å²) in [5.41, 5.74) is 1.12. The maximum atomic E-state index is 12.6. The first-order valence-corrected chi connectivity index (χ1v) is 13.2. The normalized spacial score (nSPS) is 19.6. The van der Waals surface area contributed by atoms with Crippen molar-refractivity contribution in [3.05, 3.63) is 77.9 Å². The highest BCUT2D eigenvalue weighted by atomic mass is 32.2. The van der Waals surface area contributed by atoms with Gasteiger partial charge in [-0.2, -0.15) is 4.98 Å². The molecule has 0 amide bonds. The number of benzene rings is 2. The molecular weight excluding hydrogens is 436 g/mol. The van der Waals surface area contributed by atoms with Gasteiger partial charge in [-0.05, 0) is 43.4 Å². The molecule has 2 aliphatic rings. The van der Waals surface area contributed by atoms with Crippen molar-refractivity contribution in [2.75, 3.05) is 13.1 Å². The molecular formula is C25H30N4O3S. The summed E-state index contributed by atoms with van der Waals surface area (Å²) in [5.74, 6) is 1.43. The van der Waals surface area contributed by atoms with Crippen LogP contribution in [0.25, 0.3) is 0 Å². The van der Waals surface area contributed by atoms with Crippen molar-refractivity contribution in [2.45, 2.75) is 61.4 Å². The smallest absolute Gasteiger partial charge is 0.240 e. The predicted molar refractivity (Wildman–Crippen MR) is 125 cm³/mol. The van der Waals surface area contributed by atoms with Gasteiger partial charge in [-0.1, -0.05) is 66.5 Å². The second-order valence-corrected chi connectivity index (χ2v) is 10.9. The van der Waals surface area contributed by atoms with Gasteiger partial charge in [-0.3, -0.25) is 4.90 Å². The minimum absolute atomic E-state index is 0.0652. The fourth-order valence-electron chi connectivity index (χ4n) is 5.18. The molecule has 3 aromatic rings. The summed E-state index contributed by atoms with van der Waals surface area (Å²) in [6.07, 6.45) is 5.93. The van der Waals surface area contributed by atoms with E-state index in [1.54, 1.807) is 24.3 Å². The molecule has 0 bridgehead atoms. The lowest BCUT2D eigenvalue weighted by Gasteiger charge is -2.31. The van der Waals surface area contributed by atoms with Crippen LogP contribution in [0.4, 0.5) is 0 Å². The van der Waals surface area contributed by atoms with Gasteiger partial charge in [0.25, 0.3) is 0 Å². The van der Waals surface area contributed by atoms with E-state index < -0.39 is 10.0 Å². The third kappa shape index (κ3) is 4.74. The van der Waals surface area contributed by atoms with Crippen molar-refractivity contribution in [1.29, 1.82) is 0 Å². The molecule has 1 aliphatic carbocycles. The van der Waals surface area contributed by atoms with Gasteiger partial charge in [0.1, 0.15) is 0 Å². The molecule has 1 N–H and O–H groups in total. The first-order valence-electron chi connectivity index (χ1n) is 11.7. The van der Waals surface area contributed by atoms with Gasteiger partial charge in [0.05, 0.1) is 16.9 Å². The first-order chi connectivity index (χ1) is 16.1. The summed E-state index contributed by atoms with van der Waals surface area (Å²) >= 11 is 0. The molecule has 0 atom stereocenters. The van der Waals surface area contributed by atoms with E-state index in [2.05, 4.69) is 39.0 Å². The third-order valence-electron chi connectivity index (χ3n) is 7.00. The Kier molecular flexibility index (Phi) is 6.32. The van der Waals surface area contributed by atoms with Crippen LogP contribution in [0.1, 0.15) is 55.8 Å². The van der Waals surface area contributed by atoms with Crippen molar-refractivity contribution >= 4 is 10.0 Å². The Bertz CT molecular complexity index is 1150. The number of piperidine rings is 1. The molecule has 0 radical (unpaired) electrons. The Morgan fingerprint density at radius 1 is 0.970 bits per heavy atom. The molecule has 174 valence electrons. The van der Waals surface area contributed by atoms with Crippen molar-refractivity contribution < 1.29 is 12.9 Å². The molecule has 8 heteroatoms. The number of hydrogen-bond acceptors (Lipinski definition) is 6. The van der Waals surface area contributed by atoms with E-state index >= 15 is 0 Å². The Morgan fingerprint density at radius 3 is 2.27 bits per heavy atom. The minimum Gasteiger partial charge on any atom is -0.338 e. The number of likely N-dealkylation sites (tertiary alicyclic amines) is 1. The summed E-state index contributed by atoms with van der Waals surface area (Å²) < 4.78 is 33.7. The summed E-state index contributed by atoms with van der Waals surface area (Å²) in [4.78, 5) is 7.39. The zero-order valence-corrected chi connectivity index (χ0v) is 19.5. The van der Waals surface area contributed by atoms with E-state index in [0.717, 1.165) is 44.6 Å². The van der Waals surface area contributed by atoms with Crippen molar-refractivity contribution in [3.8, 4) is 0 Å². The van der Waals surface area contributed by atoms with Crippen LogP contribution in [0.2, 0.25) is 0 Å². The maximum absolute atomic E-state index is 12.6. The van der Waals surface area contributed by atoms with Crippen LogP contribution in [0, 0.1) is 0 Å². The van der Waals surface area contributed by atoms with Crippen molar-refractivity contribution in [1.82, 2.24) is 19.8 Å². The van der Waals surface area contributed by atoms with Crippen LogP contribution < -0.4 is 4.72 Å². The zero-order valence-electron chi connectivity index (χ0n) is 18.7. The molecule has 1 aromatic heterocycles. The molecule has 1 saturated carbocycles. The Morgan fingerprint density at radius 2 is 1.61 bits per heavy atom. The van der Waals surface area contributed by atoms with Crippen LogP contribution in [0.5, 0.6) is 0 Å². The topological polar surface area (TPSA) is 88.3 Å². The van der Waals surface area contributed by atoms with Crippen LogP contribution >= 0.6 is 0 Å². The number of aromatic nitrogens is 2. The molecule has 0 unspecified atom stereocenters. The molecule has 2 aromatic carbocycles. The fraction of sp³-hybridized carbons (Fsp3) is 0.440. The minimum atomic E-state index is -3.49. The summed E-state index contributed by atoms with van der Waals surface area (Å²) in [7, 11) is -3.49. The van der Waals surface area contributed by atoms with E-state index in [4.69, 9.17) is 9.51 Å². The van der Waals surface area contributed by atoms with Crippen LogP contribution in [-0.2, 0) is 22.0 Å². The predicted octanol–water partition coefficient (Wildman–Crippen LogP) is 3.87. The van der Waals surface area contributed by atoms with Gasteiger partial charge >= 0.3 is 0 Å². The van der Waals surface area contributed by atoms with Gasteiger partial charge in [-0.15, -0.1) is 0 Å². The highest BCUT2D eigenvalue weighted by Crippen LogP contribution is 2.45. The van der Waals surface area contributed by atoms with E-state index in [0.29, 0.717) is 17.3 Å². The Balaban J connectivity index is 1.20. The molecule has 2 fully saturated rings. The van der Waals surface area contributed by atoms with Gasteiger partial charge < -0.3 is 4.52 Å². The second kappa shape index (κ2) is 9.37. The van der Waals surface area contributed by atoms with Crippen LogP contribution in [0.3, 0.4) is 0 Å². The Labute approximate surface area is 195 Å². The Hall–Kier alpha value is -2.55. The molecule has 0 spiro atoms. The molecule has 2 heterocycles. The SMILES string of the molecule is O=S(=O)(NC1CCN(Cc2nc(C3(c4ccccc4)CCCC3)no2)CC1)c1ccccc1. The molecule has 1 saturated heterocycles. The lowest BCUT2D eigenvalue weighted by molar-refractivity contribution is 0.177. The van der Waals surface area contributed by atoms with E-state index in [1.807, 2.05) is 12.1 Å². The average molecular weight is 467 g/mol. The first kappa shape index (κ1) is 22.3. The third-order valence-corrected chi connectivity index (χ3v) is 8.54. The summed E-state index contributed by atoms with van der Waals surface area (Å²) in [6, 6.07) is 19.0. The maximum Gasteiger partial charge on any atom is 0.240 e. The van der Waals surface area contributed by atoms with E-state index in [1.165, 1.54) is 18.4 Å². The summed E-state index contributed by atoms with van der Waals surface area (Å²) in [6.45, 7) is 2.16. The van der Waals surface area contributed by atoms with Crippen molar-refractivity contribution in [2.24, 2.45) is 0 Å². The van der Waals surface area contributed by atoms with Gasteiger partial charge in [0, 0.05) is 19.1 Å². The highest BCUT2D eigenvalue weighted by Gasteiger charge is 2.41. The number of rotatable bonds is 7.